The van der Waals surface area contributed by atoms with Gasteiger partial charge in [0, 0.05) is 54.9 Å². The first-order valence-corrected chi connectivity index (χ1v) is 10.5. The summed E-state index contributed by atoms with van der Waals surface area (Å²) in [7, 11) is 0. The van der Waals surface area contributed by atoms with E-state index in [0.29, 0.717) is 18.0 Å². The van der Waals surface area contributed by atoms with Crippen molar-refractivity contribution < 1.29 is 4.79 Å². The molecule has 1 atom stereocenters. The first-order chi connectivity index (χ1) is 12.6. The molecule has 2 aliphatic rings. The van der Waals surface area contributed by atoms with E-state index in [1.54, 1.807) is 0 Å². The van der Waals surface area contributed by atoms with Crippen LogP contribution in [0.1, 0.15) is 46.0 Å². The van der Waals surface area contributed by atoms with Gasteiger partial charge >= 0.3 is 0 Å². The number of carbonyl (C=O) groups excluding carboxylic acids is 1. The lowest BCUT2D eigenvalue weighted by molar-refractivity contribution is -0.138. The summed E-state index contributed by atoms with van der Waals surface area (Å²) >= 11 is 6.06. The predicted molar refractivity (Wildman–Crippen MR) is 109 cm³/mol. The molecule has 1 aliphatic carbocycles. The quantitative estimate of drug-likeness (QED) is 0.833. The Labute approximate surface area is 162 Å². The molecule has 1 heterocycles. The van der Waals surface area contributed by atoms with E-state index < -0.39 is 0 Å². The van der Waals surface area contributed by atoms with Gasteiger partial charge in [0.2, 0.25) is 5.91 Å². The lowest BCUT2D eigenvalue weighted by atomic mass is 9.85. The van der Waals surface area contributed by atoms with Crippen LogP contribution >= 0.6 is 11.6 Å². The highest BCUT2D eigenvalue weighted by atomic mass is 35.5. The number of hydrogen-bond donors (Lipinski definition) is 1. The Morgan fingerprint density at radius 3 is 2.50 bits per heavy atom. The molecule has 144 valence electrons. The first kappa shape index (κ1) is 19.5. The van der Waals surface area contributed by atoms with Crippen LogP contribution in [0.3, 0.4) is 0 Å². The highest BCUT2D eigenvalue weighted by Gasteiger charge is 2.31. The van der Waals surface area contributed by atoms with Crippen molar-refractivity contribution in [2.45, 2.75) is 58.0 Å². The van der Waals surface area contributed by atoms with E-state index in [1.165, 1.54) is 6.42 Å². The Balaban J connectivity index is 1.44. The van der Waals surface area contributed by atoms with Crippen LogP contribution in [0.2, 0.25) is 5.02 Å². The topological polar surface area (TPSA) is 35.6 Å². The van der Waals surface area contributed by atoms with Crippen molar-refractivity contribution >= 4 is 23.2 Å². The number of rotatable bonds is 5. The van der Waals surface area contributed by atoms with Crippen LogP contribution in [-0.4, -0.2) is 54.0 Å². The summed E-state index contributed by atoms with van der Waals surface area (Å²) in [6.07, 6.45) is 5.26. The van der Waals surface area contributed by atoms with Crippen molar-refractivity contribution in [1.29, 1.82) is 0 Å². The van der Waals surface area contributed by atoms with Gasteiger partial charge in [0.25, 0.3) is 0 Å². The van der Waals surface area contributed by atoms with Gasteiger partial charge < -0.3 is 10.2 Å². The molecular weight excluding hydrogens is 346 g/mol. The van der Waals surface area contributed by atoms with Crippen molar-refractivity contribution in [1.82, 2.24) is 9.80 Å². The van der Waals surface area contributed by atoms with Crippen molar-refractivity contribution in [3.63, 3.8) is 0 Å². The third-order valence-electron chi connectivity index (χ3n) is 6.11. The normalized spacial score (nSPS) is 25.7. The van der Waals surface area contributed by atoms with E-state index in [4.69, 9.17) is 11.6 Å². The zero-order valence-electron chi connectivity index (χ0n) is 16.1. The van der Waals surface area contributed by atoms with Crippen LogP contribution in [0, 0.1) is 5.92 Å². The fraction of sp³-hybridized carbons (Fsp3) is 0.667. The summed E-state index contributed by atoms with van der Waals surface area (Å²) in [6, 6.07) is 8.96. The second-order valence-corrected chi connectivity index (χ2v) is 8.26. The number of halogens is 1. The maximum Gasteiger partial charge on any atom is 0.225 e. The minimum absolute atomic E-state index is 0.211. The molecule has 1 aromatic rings. The summed E-state index contributed by atoms with van der Waals surface area (Å²) in [4.78, 5) is 17.5. The van der Waals surface area contributed by atoms with Crippen molar-refractivity contribution in [3.05, 3.63) is 29.3 Å². The molecule has 1 aromatic carbocycles. The number of carbonyl (C=O) groups is 1. The molecule has 3 rings (SSSR count). The van der Waals surface area contributed by atoms with Gasteiger partial charge in [-0.2, -0.15) is 0 Å². The summed E-state index contributed by atoms with van der Waals surface area (Å²) < 4.78 is 0. The summed E-state index contributed by atoms with van der Waals surface area (Å²) in [5.74, 6) is 0.595. The number of nitrogens with zero attached hydrogens (tertiary/aromatic N) is 2. The van der Waals surface area contributed by atoms with Gasteiger partial charge in [-0.15, -0.1) is 0 Å². The third kappa shape index (κ3) is 4.92. The van der Waals surface area contributed by atoms with E-state index >= 15 is 0 Å². The second-order valence-electron chi connectivity index (χ2n) is 7.82. The molecule has 0 spiro atoms. The molecule has 0 bridgehead atoms. The van der Waals surface area contributed by atoms with Crippen LogP contribution in [0.5, 0.6) is 0 Å². The van der Waals surface area contributed by atoms with Crippen LogP contribution in [0.25, 0.3) is 0 Å². The molecule has 0 radical (unpaired) electrons. The Bertz CT molecular complexity index is 593. The average molecular weight is 378 g/mol. The second kappa shape index (κ2) is 9.09. The van der Waals surface area contributed by atoms with Crippen molar-refractivity contribution in [2.75, 3.05) is 31.5 Å². The number of amides is 1. The fourth-order valence-electron chi connectivity index (χ4n) is 4.20. The number of benzene rings is 1. The SMILES string of the molecule is CCC(C)N1CCN(C(=O)C2CCC(Nc3cccc(Cl)c3)CC2)CC1. The molecule has 1 amide bonds. The molecule has 5 heteroatoms. The van der Waals surface area contributed by atoms with Crippen molar-refractivity contribution in [3.8, 4) is 0 Å². The van der Waals surface area contributed by atoms with E-state index in [9.17, 15) is 4.79 Å². The molecule has 0 aromatic heterocycles. The average Bonchev–Trinajstić information content (AvgIpc) is 2.67. The molecule has 1 saturated heterocycles. The maximum atomic E-state index is 12.9. The minimum Gasteiger partial charge on any atom is -0.382 e. The lowest BCUT2D eigenvalue weighted by Crippen LogP contribution is -2.52. The molecule has 1 aliphatic heterocycles. The predicted octanol–water partition coefficient (Wildman–Crippen LogP) is 4.25. The van der Waals surface area contributed by atoms with E-state index in [-0.39, 0.29) is 5.92 Å². The van der Waals surface area contributed by atoms with Crippen LogP contribution in [-0.2, 0) is 4.79 Å². The maximum absolute atomic E-state index is 12.9. The van der Waals surface area contributed by atoms with E-state index in [2.05, 4.69) is 35.0 Å². The van der Waals surface area contributed by atoms with Gasteiger partial charge in [-0.05, 0) is 57.2 Å². The summed E-state index contributed by atoms with van der Waals surface area (Å²) in [6.45, 7) is 8.34. The van der Waals surface area contributed by atoms with Crippen LogP contribution in [0.4, 0.5) is 5.69 Å². The molecule has 1 N–H and O–H groups in total. The van der Waals surface area contributed by atoms with Gasteiger partial charge in [0.05, 0.1) is 0 Å². The molecule has 1 unspecified atom stereocenters. The smallest absolute Gasteiger partial charge is 0.225 e. The lowest BCUT2D eigenvalue weighted by Gasteiger charge is -2.40. The van der Waals surface area contributed by atoms with Crippen LogP contribution in [0.15, 0.2) is 24.3 Å². The van der Waals surface area contributed by atoms with Gasteiger partial charge in [-0.3, -0.25) is 9.69 Å². The monoisotopic (exact) mass is 377 g/mol. The standard InChI is InChI=1S/C21H32ClN3O/c1-3-16(2)24-11-13-25(14-12-24)21(26)17-7-9-19(10-8-17)23-20-6-4-5-18(22)15-20/h4-6,15-17,19,23H,3,7-14H2,1-2H3. The van der Waals surface area contributed by atoms with Gasteiger partial charge in [-0.1, -0.05) is 24.6 Å². The number of anilines is 1. The first-order valence-electron chi connectivity index (χ1n) is 10.1. The third-order valence-corrected chi connectivity index (χ3v) is 6.35. The van der Waals surface area contributed by atoms with Crippen LogP contribution < -0.4 is 5.32 Å². The zero-order valence-corrected chi connectivity index (χ0v) is 16.8. The van der Waals surface area contributed by atoms with Gasteiger partial charge in [0.15, 0.2) is 0 Å². The summed E-state index contributed by atoms with van der Waals surface area (Å²) in [5.41, 5.74) is 1.08. The van der Waals surface area contributed by atoms with E-state index in [1.807, 2.05) is 18.2 Å². The zero-order chi connectivity index (χ0) is 18.5. The van der Waals surface area contributed by atoms with E-state index in [0.717, 1.165) is 62.6 Å². The molecular formula is C21H32ClN3O. The van der Waals surface area contributed by atoms with Crippen molar-refractivity contribution in [2.24, 2.45) is 5.92 Å². The molecule has 2 fully saturated rings. The number of hydrogen-bond acceptors (Lipinski definition) is 3. The largest absolute Gasteiger partial charge is 0.382 e. The van der Waals surface area contributed by atoms with Gasteiger partial charge in [0.1, 0.15) is 0 Å². The number of nitrogens with one attached hydrogen (secondary N) is 1. The number of piperazine rings is 1. The Kier molecular flexibility index (Phi) is 6.82. The highest BCUT2D eigenvalue weighted by Crippen LogP contribution is 2.29. The molecule has 1 saturated carbocycles. The van der Waals surface area contributed by atoms with Gasteiger partial charge in [-0.25, -0.2) is 0 Å². The summed E-state index contributed by atoms with van der Waals surface area (Å²) in [5, 5.41) is 4.33. The Hall–Kier alpha value is -1.26. The highest BCUT2D eigenvalue weighted by molar-refractivity contribution is 6.30. The Morgan fingerprint density at radius 2 is 1.88 bits per heavy atom. The molecule has 4 nitrogen and oxygen atoms in total. The Morgan fingerprint density at radius 1 is 1.19 bits per heavy atom. The minimum atomic E-state index is 0.211. The fourth-order valence-corrected chi connectivity index (χ4v) is 4.39. The molecule has 26 heavy (non-hydrogen) atoms.